The van der Waals surface area contributed by atoms with Crippen LogP contribution in [-0.2, 0) is 47.5 Å². The molecule has 3 heterocycles. The Bertz CT molecular complexity index is 1250. The molecule has 6 fully saturated rings. The molecular formula is C34H48O11. The van der Waals surface area contributed by atoms with Gasteiger partial charge in [-0.05, 0) is 91.4 Å². The van der Waals surface area contributed by atoms with Crippen LogP contribution in [0.15, 0.2) is 11.6 Å². The van der Waals surface area contributed by atoms with E-state index >= 15 is 0 Å². The van der Waals surface area contributed by atoms with Crippen molar-refractivity contribution in [2.24, 2.45) is 34.5 Å². The number of aliphatic hydroxyl groups excluding tert-OH is 1. The van der Waals surface area contributed by atoms with Crippen molar-refractivity contribution in [3.63, 3.8) is 0 Å². The van der Waals surface area contributed by atoms with E-state index in [0.717, 1.165) is 51.4 Å². The standard InChI is InChI=1S/C34H48O11/c1-17(36)41-28-23(15-35)44-31(30(29(28)39-5)42-18(2)37)43-21-8-10-32(3)20(13-21)14-26-34(45-26)24-7-6-22(19-12-27(38)40-16-19)33(24,4)11-9-25(32)34/h12,20-26,28-31,35H,6-11,13-16H2,1-5H3/t20-,21-,22+,23-,24-,25+,26-,28-,29+,30-,31+,32-,33+,34+/m0/s1. The van der Waals surface area contributed by atoms with Crippen LogP contribution in [0.1, 0.15) is 79.1 Å². The molecule has 250 valence electrons. The maximum atomic E-state index is 12.1. The fourth-order valence-corrected chi connectivity index (χ4v) is 11.2. The van der Waals surface area contributed by atoms with Crippen molar-refractivity contribution in [3.8, 4) is 0 Å². The molecule has 11 nitrogen and oxygen atoms in total. The van der Waals surface area contributed by atoms with Crippen LogP contribution in [0.3, 0.4) is 0 Å². The molecule has 0 aromatic carbocycles. The van der Waals surface area contributed by atoms with Crippen molar-refractivity contribution in [3.05, 3.63) is 11.6 Å². The quantitative estimate of drug-likeness (QED) is 0.192. The van der Waals surface area contributed by atoms with E-state index in [-0.39, 0.29) is 34.6 Å². The maximum Gasteiger partial charge on any atom is 0.331 e. The van der Waals surface area contributed by atoms with Gasteiger partial charge in [0, 0.05) is 27.0 Å². The Labute approximate surface area is 264 Å². The van der Waals surface area contributed by atoms with Gasteiger partial charge in [0.2, 0.25) is 0 Å². The second-order valence-electron chi connectivity index (χ2n) is 15.1. The second-order valence-corrected chi connectivity index (χ2v) is 15.1. The van der Waals surface area contributed by atoms with Crippen molar-refractivity contribution in [1.29, 1.82) is 0 Å². The molecule has 0 aromatic rings. The van der Waals surface area contributed by atoms with Gasteiger partial charge in [-0.2, -0.15) is 0 Å². The average molecular weight is 633 g/mol. The molecule has 45 heavy (non-hydrogen) atoms. The topological polar surface area (TPSA) is 139 Å². The SMILES string of the molecule is CO[C@H]1[C@H](OC(C)=O)[C@H](O[C@H]2CC[C@@]3(C)[C@@H](C2)C[C@@H]2O[C@]24[C@@H]3CC[C@]2(C)[C@@H](C3=CC(=O)OC3)CC[C@@H]24)O[C@@H](CO)[C@@H]1OC(C)=O. The number of esters is 3. The molecule has 2 saturated heterocycles. The number of ether oxygens (including phenoxy) is 7. The minimum Gasteiger partial charge on any atom is -0.458 e. The molecule has 4 aliphatic carbocycles. The summed E-state index contributed by atoms with van der Waals surface area (Å²) in [6.45, 7) is 7.49. The van der Waals surface area contributed by atoms with Crippen LogP contribution in [0, 0.1) is 34.5 Å². The van der Waals surface area contributed by atoms with Crippen molar-refractivity contribution in [1.82, 2.24) is 0 Å². The molecule has 7 aliphatic rings. The lowest BCUT2D eigenvalue weighted by Crippen LogP contribution is -2.63. The Kier molecular flexibility index (Phi) is 7.91. The van der Waals surface area contributed by atoms with Crippen molar-refractivity contribution in [2.45, 2.75) is 128 Å². The monoisotopic (exact) mass is 632 g/mol. The molecule has 3 aliphatic heterocycles. The normalized spacial score (nSPS) is 49.9. The molecule has 14 atom stereocenters. The van der Waals surface area contributed by atoms with E-state index in [2.05, 4.69) is 13.8 Å². The zero-order valence-corrected chi connectivity index (χ0v) is 27.0. The van der Waals surface area contributed by atoms with Crippen molar-refractivity contribution in [2.75, 3.05) is 20.3 Å². The van der Waals surface area contributed by atoms with E-state index < -0.39 is 49.3 Å². The highest BCUT2D eigenvalue weighted by Gasteiger charge is 2.78. The summed E-state index contributed by atoms with van der Waals surface area (Å²) in [6, 6.07) is 0. The van der Waals surface area contributed by atoms with Crippen molar-refractivity contribution >= 4 is 17.9 Å². The average Bonchev–Trinajstić information content (AvgIpc) is 3.31. The van der Waals surface area contributed by atoms with Gasteiger partial charge in [0.1, 0.15) is 24.4 Å². The van der Waals surface area contributed by atoms with E-state index in [1.54, 1.807) is 6.08 Å². The summed E-state index contributed by atoms with van der Waals surface area (Å²) in [7, 11) is 1.45. The number of epoxide rings is 1. The van der Waals surface area contributed by atoms with Crippen LogP contribution in [-0.4, -0.2) is 91.9 Å². The number of rotatable bonds is 7. The summed E-state index contributed by atoms with van der Waals surface area (Å²) in [5.74, 6) is 0.450. The second kappa shape index (κ2) is 11.3. The molecule has 0 radical (unpaired) electrons. The molecule has 1 N–H and O–H groups in total. The largest absolute Gasteiger partial charge is 0.458 e. The van der Waals surface area contributed by atoms with Crippen LogP contribution in [0.25, 0.3) is 0 Å². The Morgan fingerprint density at radius 3 is 2.33 bits per heavy atom. The predicted octanol–water partition coefficient (Wildman–Crippen LogP) is 3.24. The molecule has 7 rings (SSSR count). The smallest absolute Gasteiger partial charge is 0.331 e. The number of hydrogen-bond acceptors (Lipinski definition) is 11. The maximum absolute atomic E-state index is 12.1. The van der Waals surface area contributed by atoms with Gasteiger partial charge in [-0.1, -0.05) is 13.8 Å². The Morgan fingerprint density at radius 2 is 1.67 bits per heavy atom. The molecule has 0 amide bonds. The van der Waals surface area contributed by atoms with Crippen LogP contribution in [0.2, 0.25) is 0 Å². The van der Waals surface area contributed by atoms with Gasteiger partial charge in [0.25, 0.3) is 0 Å². The zero-order valence-electron chi connectivity index (χ0n) is 27.0. The minimum atomic E-state index is -0.983. The Balaban J connectivity index is 1.07. The Morgan fingerprint density at radius 1 is 0.956 bits per heavy atom. The number of carbonyl (C=O) groups is 3. The summed E-state index contributed by atoms with van der Waals surface area (Å²) in [5.41, 5.74) is 1.32. The van der Waals surface area contributed by atoms with Crippen molar-refractivity contribution < 1.29 is 52.6 Å². The summed E-state index contributed by atoms with van der Waals surface area (Å²) in [5, 5.41) is 10.1. The van der Waals surface area contributed by atoms with Gasteiger partial charge in [-0.15, -0.1) is 0 Å². The molecule has 0 unspecified atom stereocenters. The first-order valence-electron chi connectivity index (χ1n) is 16.8. The van der Waals surface area contributed by atoms with Crippen LogP contribution < -0.4 is 0 Å². The molecular weight excluding hydrogens is 584 g/mol. The third-order valence-corrected chi connectivity index (χ3v) is 13.1. The fourth-order valence-electron chi connectivity index (χ4n) is 11.2. The van der Waals surface area contributed by atoms with E-state index in [0.29, 0.717) is 30.3 Å². The van der Waals surface area contributed by atoms with Crippen LogP contribution in [0.5, 0.6) is 0 Å². The van der Waals surface area contributed by atoms with E-state index in [1.807, 2.05) is 0 Å². The third-order valence-electron chi connectivity index (χ3n) is 13.1. The lowest BCUT2D eigenvalue weighted by Gasteiger charge is -2.59. The van der Waals surface area contributed by atoms with Gasteiger partial charge >= 0.3 is 17.9 Å². The van der Waals surface area contributed by atoms with E-state index in [1.165, 1.54) is 26.5 Å². The number of cyclic esters (lactones) is 1. The highest BCUT2D eigenvalue weighted by Crippen LogP contribution is 2.76. The Hall–Kier alpha value is -2.05. The fraction of sp³-hybridized carbons (Fsp3) is 0.853. The third kappa shape index (κ3) is 4.90. The lowest BCUT2D eigenvalue weighted by molar-refractivity contribution is -0.322. The summed E-state index contributed by atoms with van der Waals surface area (Å²) in [6.07, 6.45) is 5.26. The van der Waals surface area contributed by atoms with E-state index in [4.69, 9.17) is 33.2 Å². The predicted molar refractivity (Wildman–Crippen MR) is 156 cm³/mol. The number of aliphatic hydroxyl groups is 1. The van der Waals surface area contributed by atoms with Gasteiger partial charge in [-0.25, -0.2) is 4.79 Å². The number of hydrogen-bond donors (Lipinski definition) is 1. The summed E-state index contributed by atoms with van der Waals surface area (Å²) >= 11 is 0. The van der Waals surface area contributed by atoms with Gasteiger partial charge in [0.05, 0.1) is 18.8 Å². The molecule has 4 saturated carbocycles. The lowest BCUT2D eigenvalue weighted by atomic mass is 9.44. The molecule has 0 aromatic heterocycles. The molecule has 0 bridgehead atoms. The molecule has 1 spiro atoms. The van der Waals surface area contributed by atoms with Gasteiger partial charge < -0.3 is 38.3 Å². The summed E-state index contributed by atoms with van der Waals surface area (Å²) in [4.78, 5) is 35.9. The van der Waals surface area contributed by atoms with Gasteiger partial charge in [-0.3, -0.25) is 9.59 Å². The highest BCUT2D eigenvalue weighted by atomic mass is 16.7. The first-order chi connectivity index (χ1) is 21.4. The van der Waals surface area contributed by atoms with Crippen LogP contribution >= 0.6 is 0 Å². The number of methoxy groups -OCH3 is 1. The first-order valence-corrected chi connectivity index (χ1v) is 16.8. The first kappa shape index (κ1) is 31.5. The minimum absolute atomic E-state index is 0.0800. The van der Waals surface area contributed by atoms with Gasteiger partial charge in [0.15, 0.2) is 18.5 Å². The highest BCUT2D eigenvalue weighted by molar-refractivity contribution is 5.85. The number of fused-ring (bicyclic) bond motifs is 3. The van der Waals surface area contributed by atoms with E-state index in [9.17, 15) is 19.5 Å². The number of carbonyl (C=O) groups excluding carboxylic acids is 3. The molecule has 11 heteroatoms. The zero-order chi connectivity index (χ0) is 31.9. The summed E-state index contributed by atoms with van der Waals surface area (Å²) < 4.78 is 41.6. The van der Waals surface area contributed by atoms with Crippen LogP contribution in [0.4, 0.5) is 0 Å².